The molecule has 1 N–H and O–H groups in total. The summed E-state index contributed by atoms with van der Waals surface area (Å²) in [5.74, 6) is 1.30. The quantitative estimate of drug-likeness (QED) is 0.900. The fourth-order valence-electron chi connectivity index (χ4n) is 3.22. The molecular weight excluding hydrogens is 260 g/mol. The maximum absolute atomic E-state index is 5.01. The number of nitrogens with zero attached hydrogens (tertiary/aromatic N) is 1. The summed E-state index contributed by atoms with van der Waals surface area (Å²) in [4.78, 5) is 6.57. The second-order valence-electron chi connectivity index (χ2n) is 5.43. The van der Waals surface area contributed by atoms with Gasteiger partial charge in [-0.05, 0) is 51.3 Å². The largest absolute Gasteiger partial charge is 0.308 e. The molecule has 1 saturated heterocycles. The van der Waals surface area contributed by atoms with E-state index in [0.717, 1.165) is 0 Å². The Labute approximate surface area is 118 Å². The van der Waals surface area contributed by atoms with E-state index in [4.69, 9.17) is 4.98 Å². The Bertz CT molecular complexity index is 406. The molecule has 0 radical (unpaired) electrons. The predicted octanol–water partition coefficient (Wildman–Crippen LogP) is 3.35. The van der Waals surface area contributed by atoms with Gasteiger partial charge in [-0.1, -0.05) is 6.92 Å². The lowest BCUT2D eigenvalue weighted by Gasteiger charge is -2.40. The summed E-state index contributed by atoms with van der Waals surface area (Å²) >= 11 is 4.08. The predicted molar refractivity (Wildman–Crippen MR) is 80.6 cm³/mol. The molecule has 2 nitrogen and oxygen atoms in total. The number of nitrogens with one attached hydrogen (secondary N) is 1. The minimum Gasteiger partial charge on any atom is -0.308 e. The first-order valence-electron chi connectivity index (χ1n) is 7.06. The van der Waals surface area contributed by atoms with Gasteiger partial charge >= 0.3 is 0 Å². The van der Waals surface area contributed by atoms with Crippen molar-refractivity contribution in [3.05, 3.63) is 15.6 Å². The normalized spacial score (nSPS) is 32.2. The van der Waals surface area contributed by atoms with Crippen LogP contribution in [0.2, 0.25) is 0 Å². The van der Waals surface area contributed by atoms with Crippen molar-refractivity contribution < 1.29 is 0 Å². The van der Waals surface area contributed by atoms with Crippen molar-refractivity contribution in [1.82, 2.24) is 10.3 Å². The lowest BCUT2D eigenvalue weighted by atomic mass is 9.90. The van der Waals surface area contributed by atoms with Crippen molar-refractivity contribution >= 4 is 23.1 Å². The Morgan fingerprint density at radius 1 is 1.28 bits per heavy atom. The third kappa shape index (κ3) is 2.02. The SMILES string of the molecule is CNC1(c2nc3c(s2)CCCC3)CCCSC1C. The van der Waals surface area contributed by atoms with Gasteiger partial charge < -0.3 is 5.32 Å². The minimum atomic E-state index is 0.130. The molecule has 0 amide bonds. The van der Waals surface area contributed by atoms with Crippen LogP contribution in [0.3, 0.4) is 0 Å². The van der Waals surface area contributed by atoms with Gasteiger partial charge in [0.15, 0.2) is 0 Å². The summed E-state index contributed by atoms with van der Waals surface area (Å²) in [6.45, 7) is 2.36. The Balaban J connectivity index is 1.97. The first kappa shape index (κ1) is 12.9. The molecule has 3 rings (SSSR count). The number of hydrogen-bond acceptors (Lipinski definition) is 4. The topological polar surface area (TPSA) is 24.9 Å². The van der Waals surface area contributed by atoms with Crippen molar-refractivity contribution in [2.45, 2.75) is 56.2 Å². The monoisotopic (exact) mass is 282 g/mol. The molecular formula is C14H22N2S2. The smallest absolute Gasteiger partial charge is 0.114 e. The highest BCUT2D eigenvalue weighted by Gasteiger charge is 2.42. The Morgan fingerprint density at radius 3 is 2.83 bits per heavy atom. The molecule has 1 aliphatic carbocycles. The Kier molecular flexibility index (Phi) is 3.70. The zero-order valence-corrected chi connectivity index (χ0v) is 12.9. The number of aryl methyl sites for hydroxylation is 2. The Hall–Kier alpha value is -0.0600. The van der Waals surface area contributed by atoms with Crippen LogP contribution in [0.4, 0.5) is 0 Å². The van der Waals surface area contributed by atoms with Crippen molar-refractivity contribution in [2.75, 3.05) is 12.8 Å². The molecule has 0 saturated carbocycles. The van der Waals surface area contributed by atoms with Crippen LogP contribution >= 0.6 is 23.1 Å². The van der Waals surface area contributed by atoms with Crippen molar-refractivity contribution in [1.29, 1.82) is 0 Å². The summed E-state index contributed by atoms with van der Waals surface area (Å²) in [5, 5.41) is 5.61. The van der Waals surface area contributed by atoms with Gasteiger partial charge in [-0.2, -0.15) is 11.8 Å². The summed E-state index contributed by atoms with van der Waals surface area (Å²) in [6.07, 6.45) is 7.68. The van der Waals surface area contributed by atoms with Gasteiger partial charge in [-0.25, -0.2) is 4.98 Å². The average Bonchev–Trinajstić information content (AvgIpc) is 2.83. The molecule has 18 heavy (non-hydrogen) atoms. The summed E-state index contributed by atoms with van der Waals surface area (Å²) < 4.78 is 0. The first-order valence-corrected chi connectivity index (χ1v) is 8.92. The third-order valence-electron chi connectivity index (χ3n) is 4.45. The molecule has 0 aromatic carbocycles. The third-order valence-corrected chi connectivity index (χ3v) is 7.21. The van der Waals surface area contributed by atoms with Crippen LogP contribution in [0.1, 0.15) is 48.2 Å². The van der Waals surface area contributed by atoms with Gasteiger partial charge in [-0.3, -0.25) is 0 Å². The number of thioether (sulfide) groups is 1. The van der Waals surface area contributed by atoms with E-state index in [0.29, 0.717) is 5.25 Å². The second kappa shape index (κ2) is 5.14. The van der Waals surface area contributed by atoms with Crippen LogP contribution in [0.5, 0.6) is 0 Å². The molecule has 1 aliphatic heterocycles. The molecule has 1 fully saturated rings. The molecule has 0 bridgehead atoms. The van der Waals surface area contributed by atoms with Crippen LogP contribution in [0.25, 0.3) is 0 Å². The van der Waals surface area contributed by atoms with Crippen LogP contribution < -0.4 is 5.32 Å². The molecule has 0 spiro atoms. The fourth-order valence-corrected chi connectivity index (χ4v) is 6.05. The number of aromatic nitrogens is 1. The lowest BCUT2D eigenvalue weighted by Crippen LogP contribution is -2.49. The average molecular weight is 282 g/mol. The Morgan fingerprint density at radius 2 is 2.11 bits per heavy atom. The molecule has 2 heterocycles. The van der Waals surface area contributed by atoms with Crippen molar-refractivity contribution in [3.63, 3.8) is 0 Å². The van der Waals surface area contributed by atoms with Gasteiger partial charge in [0.25, 0.3) is 0 Å². The van der Waals surface area contributed by atoms with E-state index in [9.17, 15) is 0 Å². The molecule has 1 aromatic rings. The minimum absolute atomic E-state index is 0.130. The van der Waals surface area contributed by atoms with Crippen molar-refractivity contribution in [3.8, 4) is 0 Å². The van der Waals surface area contributed by atoms with E-state index >= 15 is 0 Å². The van der Waals surface area contributed by atoms with Crippen LogP contribution in [-0.4, -0.2) is 23.0 Å². The van der Waals surface area contributed by atoms with E-state index < -0.39 is 0 Å². The van der Waals surface area contributed by atoms with Crippen molar-refractivity contribution in [2.24, 2.45) is 0 Å². The van der Waals surface area contributed by atoms with Gasteiger partial charge in [0.1, 0.15) is 5.01 Å². The number of rotatable bonds is 2. The molecule has 1 aromatic heterocycles. The molecule has 2 atom stereocenters. The fraction of sp³-hybridized carbons (Fsp3) is 0.786. The summed E-state index contributed by atoms with van der Waals surface area (Å²) in [7, 11) is 2.11. The standard InChI is InChI=1S/C14H22N2S2/c1-10-14(15-2,8-5-9-17-10)13-16-11-6-3-4-7-12(11)18-13/h10,15H,3-9H2,1-2H3. The molecule has 4 heteroatoms. The van der Waals surface area contributed by atoms with E-state index in [1.54, 1.807) is 4.88 Å². The molecule has 2 aliphatic rings. The number of thiazole rings is 1. The van der Waals surface area contributed by atoms with Crippen LogP contribution in [0.15, 0.2) is 0 Å². The highest BCUT2D eigenvalue weighted by atomic mass is 32.2. The molecule has 2 unspecified atom stereocenters. The highest BCUT2D eigenvalue weighted by molar-refractivity contribution is 8.00. The first-order chi connectivity index (χ1) is 8.76. The zero-order valence-electron chi connectivity index (χ0n) is 11.3. The second-order valence-corrected chi connectivity index (χ2v) is 7.97. The van der Waals surface area contributed by atoms with E-state index in [1.807, 2.05) is 11.3 Å². The van der Waals surface area contributed by atoms with E-state index in [2.05, 4.69) is 31.1 Å². The number of hydrogen-bond donors (Lipinski definition) is 1. The van der Waals surface area contributed by atoms with Gasteiger partial charge in [0.05, 0.1) is 11.2 Å². The van der Waals surface area contributed by atoms with Crippen LogP contribution in [-0.2, 0) is 18.4 Å². The summed E-state index contributed by atoms with van der Waals surface area (Å²) in [5.41, 5.74) is 1.53. The van der Waals surface area contributed by atoms with E-state index in [-0.39, 0.29) is 5.54 Å². The maximum atomic E-state index is 5.01. The zero-order chi connectivity index (χ0) is 12.6. The van der Waals surface area contributed by atoms with Gasteiger partial charge in [-0.15, -0.1) is 11.3 Å². The van der Waals surface area contributed by atoms with Gasteiger partial charge in [0.2, 0.25) is 0 Å². The maximum Gasteiger partial charge on any atom is 0.114 e. The molecule has 100 valence electrons. The lowest BCUT2D eigenvalue weighted by molar-refractivity contribution is 0.317. The highest BCUT2D eigenvalue weighted by Crippen LogP contribution is 2.44. The summed E-state index contributed by atoms with van der Waals surface area (Å²) in [6, 6.07) is 0. The number of fused-ring (bicyclic) bond motifs is 1. The van der Waals surface area contributed by atoms with Crippen LogP contribution in [0, 0.1) is 0 Å². The van der Waals surface area contributed by atoms with E-state index in [1.165, 1.54) is 55.0 Å². The van der Waals surface area contributed by atoms with Gasteiger partial charge in [0, 0.05) is 10.1 Å².